The number of hydrogen-bond donors (Lipinski definition) is 0. The second-order valence-corrected chi connectivity index (χ2v) is 10.4. The number of rotatable bonds is 5. The van der Waals surface area contributed by atoms with Gasteiger partial charge in [-0.3, -0.25) is 4.79 Å². The topological polar surface area (TPSA) is 71.8 Å². The molecule has 1 amide bonds. The Balaban J connectivity index is 1.66. The van der Waals surface area contributed by atoms with Crippen molar-refractivity contribution in [3.8, 4) is 5.75 Å². The molecule has 160 valence electrons. The maximum absolute atomic E-state index is 13.4. The Bertz CT molecular complexity index is 1180. The summed E-state index contributed by atoms with van der Waals surface area (Å²) in [7, 11) is -1.64. The third kappa shape index (κ3) is 3.84. The fourth-order valence-electron chi connectivity index (χ4n) is 4.09. The molecule has 3 heterocycles. The third-order valence-electron chi connectivity index (χ3n) is 5.52. The summed E-state index contributed by atoms with van der Waals surface area (Å²) in [6, 6.07) is 11.5. The number of fused-ring (bicyclic) bond motifs is 1. The highest BCUT2D eigenvalue weighted by Crippen LogP contribution is 2.29. The second-order valence-electron chi connectivity index (χ2n) is 7.58. The molecule has 1 fully saturated rings. The summed E-state index contributed by atoms with van der Waals surface area (Å²) in [6.07, 6.45) is 1.22. The van der Waals surface area contributed by atoms with E-state index in [9.17, 15) is 13.2 Å². The van der Waals surface area contributed by atoms with Crippen molar-refractivity contribution in [3.63, 3.8) is 0 Å². The van der Waals surface area contributed by atoms with Gasteiger partial charge in [-0.25, -0.2) is 8.42 Å². The molecule has 1 aliphatic rings. The summed E-state index contributed by atoms with van der Waals surface area (Å²) in [4.78, 5) is 16.2. The summed E-state index contributed by atoms with van der Waals surface area (Å²) in [5.41, 5.74) is 1.61. The van der Waals surface area contributed by atoms with E-state index in [0.717, 1.165) is 21.5 Å². The molecular weight excluding hydrogens is 422 g/mol. The van der Waals surface area contributed by atoms with Crippen molar-refractivity contribution in [1.29, 1.82) is 0 Å². The minimum absolute atomic E-state index is 0.0756. The zero-order chi connectivity index (χ0) is 21.5. The van der Waals surface area contributed by atoms with Gasteiger partial charge in [0.15, 0.2) is 0 Å². The number of benzene rings is 1. The van der Waals surface area contributed by atoms with Crippen LogP contribution >= 0.6 is 11.3 Å². The lowest BCUT2D eigenvalue weighted by atomic mass is 10.2. The van der Waals surface area contributed by atoms with Gasteiger partial charge in [-0.15, -0.1) is 11.3 Å². The maximum Gasteiger partial charge on any atom is 0.270 e. The maximum atomic E-state index is 13.4. The Hall–Kier alpha value is -2.36. The van der Waals surface area contributed by atoms with Crippen LogP contribution in [0.3, 0.4) is 0 Å². The summed E-state index contributed by atoms with van der Waals surface area (Å²) >= 11 is 1.60. The van der Waals surface area contributed by atoms with E-state index in [0.29, 0.717) is 31.9 Å². The van der Waals surface area contributed by atoms with Crippen molar-refractivity contribution in [1.82, 2.24) is 13.8 Å². The van der Waals surface area contributed by atoms with Gasteiger partial charge in [0.1, 0.15) is 16.3 Å². The van der Waals surface area contributed by atoms with Crippen LogP contribution in [-0.2, 0) is 16.6 Å². The molecule has 9 heteroatoms. The SMILES string of the molecule is COc1ccccc1Cn1c(C(=O)N2CCN(S(C)(=O)=O)[C@@H](C)C2)cc2ccsc21. The van der Waals surface area contributed by atoms with Gasteiger partial charge in [-0.05, 0) is 30.5 Å². The highest BCUT2D eigenvalue weighted by Gasteiger charge is 2.33. The molecule has 1 saturated heterocycles. The van der Waals surface area contributed by atoms with Crippen LogP contribution in [0.5, 0.6) is 5.75 Å². The Kier molecular flexibility index (Phi) is 5.61. The molecule has 7 nitrogen and oxygen atoms in total. The summed E-state index contributed by atoms with van der Waals surface area (Å²) in [5, 5.41) is 3.05. The Labute approximate surface area is 180 Å². The molecule has 1 atom stereocenters. The van der Waals surface area contributed by atoms with Crippen LogP contribution in [0, 0.1) is 0 Å². The number of para-hydroxylation sites is 1. The molecule has 0 unspecified atom stereocenters. The van der Waals surface area contributed by atoms with Gasteiger partial charge < -0.3 is 14.2 Å². The smallest absolute Gasteiger partial charge is 0.270 e. The molecule has 1 aromatic carbocycles. The van der Waals surface area contributed by atoms with E-state index in [2.05, 4.69) is 0 Å². The van der Waals surface area contributed by atoms with Crippen LogP contribution in [0.1, 0.15) is 23.0 Å². The van der Waals surface area contributed by atoms with Crippen LogP contribution < -0.4 is 4.74 Å². The number of sulfonamides is 1. The minimum atomic E-state index is -3.28. The number of carbonyl (C=O) groups is 1. The molecule has 0 spiro atoms. The molecule has 30 heavy (non-hydrogen) atoms. The van der Waals surface area contributed by atoms with Crippen LogP contribution in [0.15, 0.2) is 41.8 Å². The van der Waals surface area contributed by atoms with Crippen molar-refractivity contribution >= 4 is 37.5 Å². The Morgan fingerprint density at radius 1 is 1.23 bits per heavy atom. The van der Waals surface area contributed by atoms with Gasteiger partial charge in [-0.1, -0.05) is 18.2 Å². The second kappa shape index (κ2) is 8.05. The Morgan fingerprint density at radius 2 is 2.00 bits per heavy atom. The minimum Gasteiger partial charge on any atom is -0.496 e. The molecule has 0 radical (unpaired) electrons. The van der Waals surface area contributed by atoms with E-state index in [1.165, 1.54) is 10.6 Å². The highest BCUT2D eigenvalue weighted by atomic mass is 32.2. The predicted octanol–water partition coefficient (Wildman–Crippen LogP) is 2.87. The van der Waals surface area contributed by atoms with Crippen molar-refractivity contribution in [2.75, 3.05) is 33.0 Å². The van der Waals surface area contributed by atoms with Gasteiger partial charge >= 0.3 is 0 Å². The molecule has 0 bridgehead atoms. The number of carbonyl (C=O) groups excluding carboxylic acids is 1. The van der Waals surface area contributed by atoms with Crippen molar-refractivity contribution in [2.24, 2.45) is 0 Å². The summed E-state index contributed by atoms with van der Waals surface area (Å²) in [5.74, 6) is 0.706. The highest BCUT2D eigenvalue weighted by molar-refractivity contribution is 7.88. The molecular formula is C21H25N3O4S2. The van der Waals surface area contributed by atoms with E-state index in [1.54, 1.807) is 23.3 Å². The molecule has 3 aromatic rings. The first kappa shape index (κ1) is 20.9. The number of nitrogens with zero attached hydrogens (tertiary/aromatic N) is 3. The lowest BCUT2D eigenvalue weighted by Crippen LogP contribution is -2.55. The lowest BCUT2D eigenvalue weighted by Gasteiger charge is -2.38. The molecule has 0 saturated carbocycles. The fraction of sp³-hybridized carbons (Fsp3) is 0.381. The summed E-state index contributed by atoms with van der Waals surface area (Å²) in [6.45, 7) is 3.43. The van der Waals surface area contributed by atoms with Crippen molar-refractivity contribution in [2.45, 2.75) is 19.5 Å². The van der Waals surface area contributed by atoms with Crippen molar-refractivity contribution in [3.05, 3.63) is 53.0 Å². The van der Waals surface area contributed by atoms with Crippen LogP contribution in [0.2, 0.25) is 0 Å². The van der Waals surface area contributed by atoms with E-state index in [1.807, 2.05) is 53.3 Å². The van der Waals surface area contributed by atoms with Gasteiger partial charge in [0.05, 0.1) is 19.9 Å². The number of hydrogen-bond acceptors (Lipinski definition) is 5. The van der Waals surface area contributed by atoms with E-state index >= 15 is 0 Å². The van der Waals surface area contributed by atoms with Gasteiger partial charge in [0.2, 0.25) is 10.0 Å². The lowest BCUT2D eigenvalue weighted by molar-refractivity contribution is 0.0633. The van der Waals surface area contributed by atoms with Gasteiger partial charge in [-0.2, -0.15) is 4.31 Å². The van der Waals surface area contributed by atoms with Crippen LogP contribution in [0.4, 0.5) is 0 Å². The number of amides is 1. The van der Waals surface area contributed by atoms with Crippen LogP contribution in [-0.4, -0.2) is 67.1 Å². The van der Waals surface area contributed by atoms with E-state index < -0.39 is 10.0 Å². The van der Waals surface area contributed by atoms with E-state index in [4.69, 9.17) is 4.74 Å². The number of thiophene rings is 1. The van der Waals surface area contributed by atoms with Crippen LogP contribution in [0.25, 0.3) is 10.2 Å². The van der Waals surface area contributed by atoms with Crippen molar-refractivity contribution < 1.29 is 17.9 Å². The first-order valence-corrected chi connectivity index (χ1v) is 12.5. The number of aromatic nitrogens is 1. The average molecular weight is 448 g/mol. The quantitative estimate of drug-likeness (QED) is 0.603. The number of ether oxygens (including phenoxy) is 1. The largest absolute Gasteiger partial charge is 0.496 e. The number of methoxy groups -OCH3 is 1. The molecule has 2 aromatic heterocycles. The zero-order valence-corrected chi connectivity index (χ0v) is 18.9. The van der Waals surface area contributed by atoms with Gasteiger partial charge in [0, 0.05) is 36.6 Å². The Morgan fingerprint density at radius 3 is 2.70 bits per heavy atom. The molecule has 4 rings (SSSR count). The summed E-state index contributed by atoms with van der Waals surface area (Å²) < 4.78 is 32.9. The van der Waals surface area contributed by atoms with E-state index in [-0.39, 0.29) is 11.9 Å². The molecule has 1 aliphatic heterocycles. The molecule has 0 aliphatic carbocycles. The first-order valence-electron chi connectivity index (χ1n) is 9.74. The van der Waals surface area contributed by atoms with Gasteiger partial charge in [0.25, 0.3) is 5.91 Å². The number of piperazine rings is 1. The fourth-order valence-corrected chi connectivity index (χ4v) is 6.12. The normalized spacial score (nSPS) is 18.1. The third-order valence-corrected chi connectivity index (χ3v) is 7.87. The standard InChI is InChI=1S/C21H25N3O4S2/c1-15-13-22(9-10-24(15)30(3,26)27)20(25)18-12-16-8-11-29-21(16)23(18)14-17-6-4-5-7-19(17)28-2/h4-8,11-12,15H,9-10,13-14H2,1-3H3/t15-/m0/s1. The first-order chi connectivity index (χ1) is 14.3. The monoisotopic (exact) mass is 447 g/mol. The average Bonchev–Trinajstić information content (AvgIpc) is 3.29. The zero-order valence-electron chi connectivity index (χ0n) is 17.2. The molecule has 0 N–H and O–H groups in total. The predicted molar refractivity (Wildman–Crippen MR) is 119 cm³/mol.